The average molecular weight is 330 g/mol. The lowest BCUT2D eigenvalue weighted by Gasteiger charge is -2.15. The van der Waals surface area contributed by atoms with E-state index in [4.69, 9.17) is 14.2 Å². The van der Waals surface area contributed by atoms with Gasteiger partial charge in [0.25, 0.3) is 5.91 Å². The third-order valence-electron chi connectivity index (χ3n) is 3.69. The van der Waals surface area contributed by atoms with Crippen molar-refractivity contribution in [3.63, 3.8) is 0 Å². The van der Waals surface area contributed by atoms with Gasteiger partial charge in [-0.2, -0.15) is 0 Å². The Labute approximate surface area is 141 Å². The van der Waals surface area contributed by atoms with Crippen LogP contribution in [0.15, 0.2) is 18.2 Å². The minimum Gasteiger partial charge on any atom is -0.493 e. The molecule has 6 heteroatoms. The molecule has 1 heterocycles. The molecular weight excluding hydrogens is 308 g/mol. The second-order valence-corrected chi connectivity index (χ2v) is 5.41. The van der Waals surface area contributed by atoms with E-state index in [1.807, 2.05) is 26.8 Å². The summed E-state index contributed by atoms with van der Waals surface area (Å²) in [7, 11) is 4.54. The first-order valence-electron chi connectivity index (χ1n) is 7.47. The largest absolute Gasteiger partial charge is 0.493 e. The maximum atomic E-state index is 12.6. The van der Waals surface area contributed by atoms with Crippen molar-refractivity contribution in [3.05, 3.63) is 40.7 Å². The second-order valence-electron chi connectivity index (χ2n) is 5.41. The van der Waals surface area contributed by atoms with Crippen LogP contribution in [0.3, 0.4) is 0 Å². The molecule has 0 atom stereocenters. The number of nitrogens with zero attached hydrogens (tertiary/aromatic N) is 1. The van der Waals surface area contributed by atoms with Crippen LogP contribution in [-0.4, -0.2) is 32.2 Å². The molecule has 2 rings (SSSR count). The zero-order chi connectivity index (χ0) is 17.9. The lowest BCUT2D eigenvalue weighted by atomic mass is 10.1. The van der Waals surface area contributed by atoms with Crippen molar-refractivity contribution >= 4 is 11.6 Å². The van der Waals surface area contributed by atoms with Gasteiger partial charge in [-0.25, -0.2) is 0 Å². The van der Waals surface area contributed by atoms with Gasteiger partial charge in [-0.05, 0) is 44.5 Å². The Morgan fingerprint density at radius 2 is 1.54 bits per heavy atom. The van der Waals surface area contributed by atoms with Gasteiger partial charge < -0.3 is 19.5 Å². The number of aromatic nitrogens is 1. The molecule has 0 radical (unpaired) electrons. The first kappa shape index (κ1) is 17.6. The molecule has 6 nitrogen and oxygen atoms in total. The molecule has 1 aromatic heterocycles. The number of benzene rings is 1. The summed E-state index contributed by atoms with van der Waals surface area (Å²) in [5, 5.41) is 2.91. The SMILES string of the molecule is COc1cc(C(=O)Nc2c(C)cc(C)nc2C)cc(OC)c1OC. The number of carbonyl (C=O) groups excluding carboxylic acids is 1. The van der Waals surface area contributed by atoms with Gasteiger partial charge in [0.15, 0.2) is 11.5 Å². The molecule has 24 heavy (non-hydrogen) atoms. The monoisotopic (exact) mass is 330 g/mol. The van der Waals surface area contributed by atoms with Crippen LogP contribution in [0.1, 0.15) is 27.3 Å². The molecule has 1 amide bonds. The van der Waals surface area contributed by atoms with E-state index in [0.717, 1.165) is 17.0 Å². The molecule has 0 aliphatic rings. The minimum absolute atomic E-state index is 0.272. The number of ether oxygens (including phenoxy) is 3. The zero-order valence-electron chi connectivity index (χ0n) is 14.8. The third-order valence-corrected chi connectivity index (χ3v) is 3.69. The molecule has 0 bridgehead atoms. The van der Waals surface area contributed by atoms with Crippen LogP contribution in [0.25, 0.3) is 0 Å². The smallest absolute Gasteiger partial charge is 0.255 e. The molecular formula is C18H22N2O4. The Balaban J connectivity index is 2.40. The molecule has 0 fully saturated rings. The minimum atomic E-state index is -0.272. The standard InChI is InChI=1S/C18H22N2O4/c1-10-7-11(2)19-12(3)16(10)20-18(21)13-8-14(22-4)17(24-6)15(9-13)23-5/h7-9H,1-6H3,(H,20,21). The summed E-state index contributed by atoms with van der Waals surface area (Å²) in [5.41, 5.74) is 3.76. The highest BCUT2D eigenvalue weighted by Crippen LogP contribution is 2.38. The quantitative estimate of drug-likeness (QED) is 0.911. The summed E-state index contributed by atoms with van der Waals surface area (Å²) in [5.74, 6) is 1.03. The summed E-state index contributed by atoms with van der Waals surface area (Å²) in [6.45, 7) is 5.72. The molecule has 0 aliphatic carbocycles. The Kier molecular flexibility index (Phi) is 5.28. The van der Waals surface area contributed by atoms with Crippen LogP contribution in [0.2, 0.25) is 0 Å². The predicted octanol–water partition coefficient (Wildman–Crippen LogP) is 3.28. The number of anilines is 1. The van der Waals surface area contributed by atoms with Gasteiger partial charge in [0, 0.05) is 11.3 Å². The normalized spacial score (nSPS) is 10.2. The number of carbonyl (C=O) groups is 1. The van der Waals surface area contributed by atoms with Gasteiger partial charge in [0.2, 0.25) is 5.75 Å². The third kappa shape index (κ3) is 3.42. The van der Waals surface area contributed by atoms with Crippen molar-refractivity contribution in [3.8, 4) is 17.2 Å². The van der Waals surface area contributed by atoms with Gasteiger partial charge >= 0.3 is 0 Å². The lowest BCUT2D eigenvalue weighted by Crippen LogP contribution is -2.15. The van der Waals surface area contributed by atoms with Crippen molar-refractivity contribution in [2.24, 2.45) is 0 Å². The Bertz CT molecular complexity index is 724. The molecule has 2 aromatic rings. The second kappa shape index (κ2) is 7.21. The molecule has 1 N–H and O–H groups in total. The van der Waals surface area contributed by atoms with Crippen LogP contribution in [0.4, 0.5) is 5.69 Å². The topological polar surface area (TPSA) is 69.7 Å². The van der Waals surface area contributed by atoms with Crippen LogP contribution in [0, 0.1) is 20.8 Å². The van der Waals surface area contributed by atoms with Crippen molar-refractivity contribution in [2.75, 3.05) is 26.6 Å². The molecule has 1 aromatic carbocycles. The number of hydrogen-bond acceptors (Lipinski definition) is 5. The van der Waals surface area contributed by atoms with Crippen molar-refractivity contribution in [2.45, 2.75) is 20.8 Å². The van der Waals surface area contributed by atoms with E-state index in [-0.39, 0.29) is 5.91 Å². The Morgan fingerprint density at radius 3 is 2.00 bits per heavy atom. The first-order valence-corrected chi connectivity index (χ1v) is 7.47. The molecule has 0 unspecified atom stereocenters. The van der Waals surface area contributed by atoms with E-state index in [0.29, 0.717) is 28.5 Å². The number of amides is 1. The van der Waals surface area contributed by atoms with E-state index in [2.05, 4.69) is 10.3 Å². The average Bonchev–Trinajstić information content (AvgIpc) is 2.56. The summed E-state index contributed by atoms with van der Waals surface area (Å²) >= 11 is 0. The maximum Gasteiger partial charge on any atom is 0.255 e. The zero-order valence-corrected chi connectivity index (χ0v) is 14.8. The molecule has 128 valence electrons. The number of aryl methyl sites for hydroxylation is 3. The van der Waals surface area contributed by atoms with Gasteiger partial charge in [0.1, 0.15) is 0 Å². The van der Waals surface area contributed by atoms with Gasteiger partial charge in [0.05, 0.1) is 32.7 Å². The number of hydrogen-bond donors (Lipinski definition) is 1. The number of rotatable bonds is 5. The fourth-order valence-corrected chi connectivity index (χ4v) is 2.61. The van der Waals surface area contributed by atoms with Crippen molar-refractivity contribution in [1.29, 1.82) is 0 Å². The summed E-state index contributed by atoms with van der Waals surface area (Å²) < 4.78 is 15.8. The van der Waals surface area contributed by atoms with E-state index in [9.17, 15) is 4.79 Å². The predicted molar refractivity (Wildman–Crippen MR) is 92.5 cm³/mol. The van der Waals surface area contributed by atoms with Gasteiger partial charge in [-0.1, -0.05) is 0 Å². The first-order chi connectivity index (χ1) is 11.4. The van der Waals surface area contributed by atoms with Gasteiger partial charge in [-0.3, -0.25) is 9.78 Å². The van der Waals surface area contributed by atoms with E-state index < -0.39 is 0 Å². The van der Waals surface area contributed by atoms with E-state index in [1.54, 1.807) is 12.1 Å². The molecule has 0 aliphatic heterocycles. The Hall–Kier alpha value is -2.76. The summed E-state index contributed by atoms with van der Waals surface area (Å²) in [6, 6.07) is 5.16. The van der Waals surface area contributed by atoms with Crippen molar-refractivity contribution < 1.29 is 19.0 Å². The van der Waals surface area contributed by atoms with Gasteiger partial charge in [-0.15, -0.1) is 0 Å². The van der Waals surface area contributed by atoms with E-state index in [1.165, 1.54) is 21.3 Å². The highest BCUT2D eigenvalue weighted by atomic mass is 16.5. The van der Waals surface area contributed by atoms with E-state index >= 15 is 0 Å². The van der Waals surface area contributed by atoms with Crippen molar-refractivity contribution in [1.82, 2.24) is 4.98 Å². The number of pyridine rings is 1. The van der Waals surface area contributed by atoms with Crippen LogP contribution in [-0.2, 0) is 0 Å². The Morgan fingerprint density at radius 1 is 0.958 bits per heavy atom. The van der Waals surface area contributed by atoms with Crippen LogP contribution < -0.4 is 19.5 Å². The number of methoxy groups -OCH3 is 3. The highest BCUT2D eigenvalue weighted by molar-refractivity contribution is 6.05. The molecule has 0 spiro atoms. The van der Waals surface area contributed by atoms with Crippen LogP contribution in [0.5, 0.6) is 17.2 Å². The molecule has 0 saturated heterocycles. The fraction of sp³-hybridized carbons (Fsp3) is 0.333. The maximum absolute atomic E-state index is 12.6. The highest BCUT2D eigenvalue weighted by Gasteiger charge is 2.18. The van der Waals surface area contributed by atoms with Crippen LogP contribution >= 0.6 is 0 Å². The molecule has 0 saturated carbocycles. The summed E-state index contributed by atoms with van der Waals surface area (Å²) in [4.78, 5) is 17.0. The lowest BCUT2D eigenvalue weighted by molar-refractivity contribution is 0.102. The number of nitrogens with one attached hydrogen (secondary N) is 1. The fourth-order valence-electron chi connectivity index (χ4n) is 2.61. The summed E-state index contributed by atoms with van der Waals surface area (Å²) in [6.07, 6.45) is 0.